The maximum atomic E-state index is 6.18. The first-order valence-corrected chi connectivity index (χ1v) is 21.0. The molecule has 0 N–H and O–H groups in total. The van der Waals surface area contributed by atoms with Crippen molar-refractivity contribution < 1.29 is 24.5 Å². The van der Waals surface area contributed by atoms with Crippen molar-refractivity contribution in [2.45, 2.75) is 86.0 Å². The van der Waals surface area contributed by atoms with Crippen molar-refractivity contribution in [2.24, 2.45) is 5.92 Å². The van der Waals surface area contributed by atoms with Gasteiger partial charge >= 0.3 is 0 Å². The van der Waals surface area contributed by atoms with Gasteiger partial charge < -0.3 is 14.0 Å². The van der Waals surface area contributed by atoms with Crippen molar-refractivity contribution in [3.05, 3.63) is 114 Å². The van der Waals surface area contributed by atoms with Gasteiger partial charge in [0.05, 0.1) is 30.5 Å². The summed E-state index contributed by atoms with van der Waals surface area (Å²) in [5.41, 5.74) is 9.87. The molecule has 0 atom stereocenters. The van der Waals surface area contributed by atoms with Gasteiger partial charge in [0.15, 0.2) is 0 Å². The van der Waals surface area contributed by atoms with Gasteiger partial charge in [-0.2, -0.15) is 0 Å². The Hall–Kier alpha value is -3.83. The second-order valence-corrected chi connectivity index (χ2v) is 20.9. The van der Waals surface area contributed by atoms with E-state index in [-0.39, 0.29) is 31.6 Å². The number of furan rings is 1. The monoisotopic (exact) mass is 856 g/mol. The van der Waals surface area contributed by atoms with Crippen molar-refractivity contribution >= 4 is 46.2 Å². The summed E-state index contributed by atoms with van der Waals surface area (Å²) in [7, 11) is -1.38. The molecule has 0 amide bonds. The molecular weight excluding hydrogens is 807 g/mol. The molecule has 0 aliphatic rings. The molecule has 0 saturated carbocycles. The Morgan fingerprint density at radius 3 is 2.24 bits per heavy atom. The average molecular weight is 856 g/mol. The van der Waals surface area contributed by atoms with E-state index < -0.39 is 8.07 Å². The third-order valence-electron chi connectivity index (χ3n) is 9.05. The Morgan fingerprint density at radius 2 is 1.58 bits per heavy atom. The summed E-state index contributed by atoms with van der Waals surface area (Å²) in [6.07, 6.45) is 3.25. The Bertz CT molecular complexity index is 2230. The van der Waals surface area contributed by atoms with Crippen LogP contribution >= 0.6 is 0 Å². The number of para-hydroxylation sites is 3. The van der Waals surface area contributed by atoms with Crippen LogP contribution in [0.25, 0.3) is 55.6 Å². The van der Waals surface area contributed by atoms with Crippen LogP contribution in [0, 0.1) is 18.1 Å². The van der Waals surface area contributed by atoms with E-state index in [9.17, 15) is 0 Å². The molecule has 7 aromatic rings. The van der Waals surface area contributed by atoms with E-state index in [0.717, 1.165) is 62.0 Å². The number of benzene rings is 4. The van der Waals surface area contributed by atoms with E-state index in [0.29, 0.717) is 5.92 Å². The minimum absolute atomic E-state index is 0. The summed E-state index contributed by atoms with van der Waals surface area (Å²) in [6.45, 7) is 22.8. The predicted molar refractivity (Wildman–Crippen MR) is 210 cm³/mol. The van der Waals surface area contributed by atoms with Gasteiger partial charge in [0, 0.05) is 37.7 Å². The van der Waals surface area contributed by atoms with E-state index in [1.54, 1.807) is 0 Å². The summed E-state index contributed by atoms with van der Waals surface area (Å²) in [5.74, 6) is 1.56. The molecule has 4 nitrogen and oxygen atoms in total. The Labute approximate surface area is 312 Å². The fourth-order valence-electron chi connectivity index (χ4n) is 6.58. The largest absolute Gasteiger partial charge is 0.501 e. The third-order valence-corrected chi connectivity index (χ3v) is 11.1. The number of hydrogen-bond acceptors (Lipinski definition) is 3. The van der Waals surface area contributed by atoms with Gasteiger partial charge in [-0.25, -0.2) is 0 Å². The molecule has 0 spiro atoms. The molecule has 0 saturated heterocycles. The standard InChI is InChI=1S/C22H17N2O.C22H32NSi.Ir/c1-14(2)24-19-12-5-4-11-18(19)23-22(24)17-10-7-9-16-15-8-3-6-13-20(15)25-21(16)17;1-16(2)13-18-14-20(23-15-21(18)24(6,7)8)17-9-11-19(12-10-17)22(3,4)5;/h3-9,11-14H,1-2H3;9,11-12,14-16H,13H2,1-8H3;/q2*-1;. The Kier molecular flexibility index (Phi) is 11.1. The molecule has 3 aromatic heterocycles. The molecule has 4 aromatic carbocycles. The first-order valence-electron chi connectivity index (χ1n) is 17.5. The van der Waals surface area contributed by atoms with Crippen LogP contribution < -0.4 is 5.19 Å². The average Bonchev–Trinajstić information content (AvgIpc) is 3.63. The van der Waals surface area contributed by atoms with Crippen LogP contribution in [0.5, 0.6) is 0 Å². The zero-order chi connectivity index (χ0) is 35.1. The molecule has 7 rings (SSSR count). The van der Waals surface area contributed by atoms with Crippen LogP contribution in [0.4, 0.5) is 0 Å². The van der Waals surface area contributed by atoms with Gasteiger partial charge in [0.25, 0.3) is 0 Å². The van der Waals surface area contributed by atoms with E-state index in [2.05, 4.69) is 146 Å². The van der Waals surface area contributed by atoms with E-state index in [1.165, 1.54) is 16.3 Å². The van der Waals surface area contributed by atoms with Gasteiger partial charge in [-0.15, -0.1) is 53.6 Å². The molecule has 0 bridgehead atoms. The molecule has 50 heavy (non-hydrogen) atoms. The minimum Gasteiger partial charge on any atom is -0.501 e. The van der Waals surface area contributed by atoms with Gasteiger partial charge in [0.1, 0.15) is 5.58 Å². The second kappa shape index (κ2) is 14.8. The maximum Gasteiger partial charge on any atom is 0.120 e. The molecule has 6 heteroatoms. The van der Waals surface area contributed by atoms with Gasteiger partial charge in [-0.1, -0.05) is 107 Å². The van der Waals surface area contributed by atoms with Crippen molar-refractivity contribution in [1.82, 2.24) is 14.5 Å². The number of pyridine rings is 1. The minimum atomic E-state index is -1.38. The second-order valence-electron chi connectivity index (χ2n) is 15.9. The summed E-state index contributed by atoms with van der Waals surface area (Å²) in [5, 5.41) is 3.72. The van der Waals surface area contributed by atoms with Gasteiger partial charge in [-0.3, -0.25) is 4.98 Å². The number of imidazole rings is 1. The fraction of sp³-hybridized carbons (Fsp3) is 0.318. The van der Waals surface area contributed by atoms with Gasteiger partial charge in [0.2, 0.25) is 0 Å². The SMILES string of the molecule is CC(C)Cc1cc(-c2[c-]cc(C(C)(C)C)cc2)ncc1[Si](C)(C)C.CC(C)n1c(-c2[c-]ccc3c2oc2ccccc23)nc2ccccc21.[Ir]. The van der Waals surface area contributed by atoms with Crippen molar-refractivity contribution in [2.75, 3.05) is 0 Å². The first-order chi connectivity index (χ1) is 23.2. The normalized spacial score (nSPS) is 12.1. The van der Waals surface area contributed by atoms with E-state index in [4.69, 9.17) is 14.4 Å². The fourth-order valence-corrected chi connectivity index (χ4v) is 8.17. The van der Waals surface area contributed by atoms with Crippen LogP contribution in [-0.2, 0) is 31.9 Å². The summed E-state index contributed by atoms with van der Waals surface area (Å²) in [6, 6.07) is 36.3. The van der Waals surface area contributed by atoms with Crippen molar-refractivity contribution in [1.29, 1.82) is 0 Å². The third kappa shape index (κ3) is 7.73. The van der Waals surface area contributed by atoms with Crippen LogP contribution in [0.1, 0.15) is 65.6 Å². The number of rotatable bonds is 6. The molecule has 0 fully saturated rings. The molecule has 1 radical (unpaired) electrons. The zero-order valence-corrected chi connectivity index (χ0v) is 34.5. The van der Waals surface area contributed by atoms with Crippen molar-refractivity contribution in [3.63, 3.8) is 0 Å². The van der Waals surface area contributed by atoms with Crippen LogP contribution in [0.3, 0.4) is 0 Å². The van der Waals surface area contributed by atoms with Crippen LogP contribution in [0.15, 0.2) is 95.5 Å². The molecule has 0 unspecified atom stereocenters. The molecule has 0 aliphatic heterocycles. The van der Waals surface area contributed by atoms with E-state index >= 15 is 0 Å². The summed E-state index contributed by atoms with van der Waals surface area (Å²) in [4.78, 5) is 9.67. The summed E-state index contributed by atoms with van der Waals surface area (Å²) < 4.78 is 8.44. The number of fused-ring (bicyclic) bond motifs is 4. The van der Waals surface area contributed by atoms with Crippen LogP contribution in [-0.4, -0.2) is 22.6 Å². The zero-order valence-electron chi connectivity index (χ0n) is 31.1. The van der Waals surface area contributed by atoms with Crippen LogP contribution in [0.2, 0.25) is 19.6 Å². The van der Waals surface area contributed by atoms with Gasteiger partial charge in [-0.05, 0) is 60.7 Å². The molecular formula is C44H49IrN3OSi-2. The molecule has 3 heterocycles. The summed E-state index contributed by atoms with van der Waals surface area (Å²) >= 11 is 0. The predicted octanol–water partition coefficient (Wildman–Crippen LogP) is 11.6. The smallest absolute Gasteiger partial charge is 0.120 e. The number of aromatic nitrogens is 3. The maximum absolute atomic E-state index is 6.18. The van der Waals surface area contributed by atoms with Crippen molar-refractivity contribution in [3.8, 4) is 22.6 Å². The first kappa shape index (κ1) is 37.4. The number of hydrogen-bond donors (Lipinski definition) is 0. The quantitative estimate of drug-likeness (QED) is 0.124. The number of nitrogens with zero attached hydrogens (tertiary/aromatic N) is 3. The van der Waals surface area contributed by atoms with E-state index in [1.807, 2.05) is 30.3 Å². The Morgan fingerprint density at radius 1 is 0.860 bits per heavy atom. The Balaban J connectivity index is 0.000000191. The molecule has 261 valence electrons. The molecule has 0 aliphatic carbocycles. The topological polar surface area (TPSA) is 43.9 Å².